The molecular formula is C14H18Cl2N2O. The second kappa shape index (κ2) is 6.12. The van der Waals surface area contributed by atoms with Crippen LogP contribution in [0.1, 0.15) is 24.8 Å². The number of benzene rings is 1. The Hall–Kier alpha value is -0.770. The fourth-order valence-electron chi connectivity index (χ4n) is 2.12. The van der Waals surface area contributed by atoms with Crippen molar-refractivity contribution < 1.29 is 4.79 Å². The first-order valence-corrected chi connectivity index (χ1v) is 7.21. The maximum Gasteiger partial charge on any atom is 0.223 e. The van der Waals surface area contributed by atoms with Crippen molar-refractivity contribution in [3.05, 3.63) is 33.8 Å². The van der Waals surface area contributed by atoms with E-state index in [2.05, 4.69) is 5.32 Å². The molecule has 0 aliphatic heterocycles. The number of hydrogen-bond acceptors (Lipinski definition) is 2. The zero-order valence-electron chi connectivity index (χ0n) is 10.8. The van der Waals surface area contributed by atoms with Crippen molar-refractivity contribution in [2.45, 2.75) is 19.3 Å². The van der Waals surface area contributed by atoms with Gasteiger partial charge in [-0.15, -0.1) is 0 Å². The van der Waals surface area contributed by atoms with Crippen LogP contribution >= 0.6 is 23.2 Å². The number of nitrogens with one attached hydrogen (secondary N) is 1. The van der Waals surface area contributed by atoms with Gasteiger partial charge in [-0.3, -0.25) is 4.79 Å². The Morgan fingerprint density at radius 2 is 2.26 bits per heavy atom. The average molecular weight is 301 g/mol. The van der Waals surface area contributed by atoms with Crippen LogP contribution in [-0.2, 0) is 4.79 Å². The summed E-state index contributed by atoms with van der Waals surface area (Å²) in [7, 11) is 0. The summed E-state index contributed by atoms with van der Waals surface area (Å²) in [6, 6.07) is 5.44. The van der Waals surface area contributed by atoms with E-state index in [4.69, 9.17) is 28.9 Å². The highest BCUT2D eigenvalue weighted by molar-refractivity contribution is 6.35. The van der Waals surface area contributed by atoms with Crippen LogP contribution in [-0.4, -0.2) is 19.0 Å². The third-order valence-corrected chi connectivity index (χ3v) is 4.08. The standard InChI is InChI=1S/C14H18Cl2N2O/c1-8(6-17)7-18-14(19)12-5-11(12)10-3-2-9(15)4-13(10)16/h2-4,8,11-12H,5-7,17H2,1H3,(H,18,19). The highest BCUT2D eigenvalue weighted by atomic mass is 35.5. The van der Waals surface area contributed by atoms with Crippen molar-refractivity contribution in [3.63, 3.8) is 0 Å². The summed E-state index contributed by atoms with van der Waals surface area (Å²) in [6.07, 6.45) is 0.851. The third-order valence-electron chi connectivity index (χ3n) is 3.52. The maximum atomic E-state index is 12.0. The molecule has 1 amide bonds. The monoisotopic (exact) mass is 300 g/mol. The van der Waals surface area contributed by atoms with Crippen LogP contribution < -0.4 is 11.1 Å². The van der Waals surface area contributed by atoms with E-state index in [0.717, 1.165) is 12.0 Å². The summed E-state index contributed by atoms with van der Waals surface area (Å²) < 4.78 is 0. The van der Waals surface area contributed by atoms with Gasteiger partial charge in [-0.1, -0.05) is 36.2 Å². The topological polar surface area (TPSA) is 55.1 Å². The number of amides is 1. The molecule has 0 aromatic heterocycles. The van der Waals surface area contributed by atoms with Gasteiger partial charge in [-0.05, 0) is 42.5 Å². The predicted octanol–water partition coefficient (Wildman–Crippen LogP) is 2.81. The number of nitrogens with two attached hydrogens (primary N) is 1. The number of carbonyl (C=O) groups excluding carboxylic acids is 1. The van der Waals surface area contributed by atoms with Crippen LogP contribution in [0, 0.1) is 11.8 Å². The largest absolute Gasteiger partial charge is 0.356 e. The van der Waals surface area contributed by atoms with E-state index in [1.807, 2.05) is 19.1 Å². The average Bonchev–Trinajstić information content (AvgIpc) is 3.15. The number of hydrogen-bond donors (Lipinski definition) is 2. The molecule has 0 bridgehead atoms. The zero-order chi connectivity index (χ0) is 14.0. The molecule has 104 valence electrons. The Balaban J connectivity index is 1.91. The molecule has 1 aliphatic carbocycles. The SMILES string of the molecule is CC(CN)CNC(=O)C1CC1c1ccc(Cl)cc1Cl. The van der Waals surface area contributed by atoms with E-state index in [0.29, 0.717) is 29.1 Å². The molecule has 1 saturated carbocycles. The second-order valence-corrected chi connectivity index (χ2v) is 6.04. The highest BCUT2D eigenvalue weighted by Crippen LogP contribution is 2.49. The molecule has 1 aliphatic rings. The number of halogens is 2. The first-order valence-electron chi connectivity index (χ1n) is 6.45. The van der Waals surface area contributed by atoms with Crippen molar-refractivity contribution in [2.75, 3.05) is 13.1 Å². The van der Waals surface area contributed by atoms with Gasteiger partial charge in [0, 0.05) is 22.5 Å². The lowest BCUT2D eigenvalue weighted by Gasteiger charge is -2.10. The summed E-state index contributed by atoms with van der Waals surface area (Å²) >= 11 is 12.0. The van der Waals surface area contributed by atoms with Crippen LogP contribution in [0.2, 0.25) is 10.0 Å². The first-order chi connectivity index (χ1) is 9.02. The highest BCUT2D eigenvalue weighted by Gasteiger charge is 2.44. The van der Waals surface area contributed by atoms with E-state index in [9.17, 15) is 4.79 Å². The summed E-state index contributed by atoms with van der Waals surface area (Å²) in [6.45, 7) is 3.23. The third kappa shape index (κ3) is 3.62. The van der Waals surface area contributed by atoms with Gasteiger partial charge in [0.25, 0.3) is 0 Å². The lowest BCUT2D eigenvalue weighted by atomic mass is 10.1. The van der Waals surface area contributed by atoms with E-state index in [-0.39, 0.29) is 17.7 Å². The van der Waals surface area contributed by atoms with Gasteiger partial charge in [0.15, 0.2) is 0 Å². The zero-order valence-corrected chi connectivity index (χ0v) is 12.3. The molecule has 19 heavy (non-hydrogen) atoms. The molecule has 3 N–H and O–H groups in total. The molecule has 5 heteroatoms. The molecule has 1 aromatic carbocycles. The summed E-state index contributed by atoms with van der Waals surface area (Å²) in [5.74, 6) is 0.651. The molecule has 0 heterocycles. The Bertz CT molecular complexity index is 479. The van der Waals surface area contributed by atoms with Crippen molar-refractivity contribution >= 4 is 29.1 Å². The first kappa shape index (κ1) is 14.6. The van der Waals surface area contributed by atoms with E-state index >= 15 is 0 Å². The minimum atomic E-state index is 0.0312. The molecule has 1 fully saturated rings. The molecule has 0 spiro atoms. The minimum absolute atomic E-state index is 0.0312. The van der Waals surface area contributed by atoms with Crippen molar-refractivity contribution in [2.24, 2.45) is 17.6 Å². The fourth-order valence-corrected chi connectivity index (χ4v) is 2.67. The number of rotatable bonds is 5. The normalized spacial score (nSPS) is 22.9. The summed E-state index contributed by atoms with van der Waals surface area (Å²) in [5, 5.41) is 4.20. The number of carbonyl (C=O) groups is 1. The molecule has 3 unspecified atom stereocenters. The van der Waals surface area contributed by atoms with Crippen LogP contribution in [0.4, 0.5) is 0 Å². The Kier molecular flexibility index (Phi) is 4.71. The quantitative estimate of drug-likeness (QED) is 0.878. The molecule has 0 radical (unpaired) electrons. The van der Waals surface area contributed by atoms with Gasteiger partial charge in [-0.2, -0.15) is 0 Å². The van der Waals surface area contributed by atoms with Gasteiger partial charge in [-0.25, -0.2) is 0 Å². The van der Waals surface area contributed by atoms with Crippen molar-refractivity contribution in [1.82, 2.24) is 5.32 Å². The van der Waals surface area contributed by atoms with Gasteiger partial charge in [0.2, 0.25) is 5.91 Å². The maximum absolute atomic E-state index is 12.0. The van der Waals surface area contributed by atoms with Crippen LogP contribution in [0.3, 0.4) is 0 Å². The Labute approximate surface area is 123 Å². The fraction of sp³-hybridized carbons (Fsp3) is 0.500. The molecular weight excluding hydrogens is 283 g/mol. The molecule has 3 nitrogen and oxygen atoms in total. The second-order valence-electron chi connectivity index (χ2n) is 5.20. The molecule has 2 rings (SSSR count). The van der Waals surface area contributed by atoms with Crippen LogP contribution in [0.25, 0.3) is 0 Å². The van der Waals surface area contributed by atoms with E-state index < -0.39 is 0 Å². The summed E-state index contributed by atoms with van der Waals surface area (Å²) in [5.41, 5.74) is 6.53. The van der Waals surface area contributed by atoms with Gasteiger partial charge >= 0.3 is 0 Å². The van der Waals surface area contributed by atoms with Crippen molar-refractivity contribution in [1.29, 1.82) is 0 Å². The Morgan fingerprint density at radius 1 is 1.53 bits per heavy atom. The Morgan fingerprint density at radius 3 is 2.89 bits per heavy atom. The lowest BCUT2D eigenvalue weighted by molar-refractivity contribution is -0.122. The van der Waals surface area contributed by atoms with Gasteiger partial charge in [0.1, 0.15) is 0 Å². The van der Waals surface area contributed by atoms with Gasteiger partial charge in [0.05, 0.1) is 0 Å². The predicted molar refractivity (Wildman–Crippen MR) is 78.5 cm³/mol. The smallest absolute Gasteiger partial charge is 0.223 e. The lowest BCUT2D eigenvalue weighted by Crippen LogP contribution is -2.32. The minimum Gasteiger partial charge on any atom is -0.356 e. The van der Waals surface area contributed by atoms with E-state index in [1.54, 1.807) is 6.07 Å². The van der Waals surface area contributed by atoms with Crippen LogP contribution in [0.5, 0.6) is 0 Å². The van der Waals surface area contributed by atoms with Crippen molar-refractivity contribution in [3.8, 4) is 0 Å². The molecule has 1 aromatic rings. The molecule has 0 saturated heterocycles. The summed E-state index contributed by atoms with van der Waals surface area (Å²) in [4.78, 5) is 12.0. The van der Waals surface area contributed by atoms with Crippen LogP contribution in [0.15, 0.2) is 18.2 Å². The van der Waals surface area contributed by atoms with E-state index in [1.165, 1.54) is 0 Å². The van der Waals surface area contributed by atoms with Gasteiger partial charge < -0.3 is 11.1 Å². The molecule has 3 atom stereocenters.